The third-order valence-corrected chi connectivity index (χ3v) is 4.82. The first-order valence-electron chi connectivity index (χ1n) is 8.66. The molecule has 3 heteroatoms. The van der Waals surface area contributed by atoms with E-state index in [0.29, 0.717) is 5.92 Å². The standard InChI is InChI=1S/C22H17N3/c1-2-4-18-13-19(8-5-15(18)3-1)22-20(16-9-11-23-12-10-16)14-21(24-25-22)17-6-7-17/h1-5,8-14,17H,6-7H2. The Kier molecular flexibility index (Phi) is 3.30. The number of fused-ring (bicyclic) bond motifs is 1. The molecule has 0 aliphatic heterocycles. The van der Waals surface area contributed by atoms with E-state index in [0.717, 1.165) is 28.1 Å². The number of hydrogen-bond donors (Lipinski definition) is 0. The third kappa shape index (κ3) is 2.68. The van der Waals surface area contributed by atoms with Gasteiger partial charge in [0.1, 0.15) is 5.69 Å². The molecule has 2 aromatic heterocycles. The van der Waals surface area contributed by atoms with Crippen LogP contribution >= 0.6 is 0 Å². The van der Waals surface area contributed by atoms with Gasteiger partial charge in [-0.3, -0.25) is 4.98 Å². The van der Waals surface area contributed by atoms with Crippen LogP contribution in [0.2, 0.25) is 0 Å². The summed E-state index contributed by atoms with van der Waals surface area (Å²) in [5.41, 5.74) is 5.41. The van der Waals surface area contributed by atoms with Gasteiger partial charge in [-0.2, -0.15) is 5.10 Å². The molecule has 2 heterocycles. The largest absolute Gasteiger partial charge is 0.265 e. The fourth-order valence-electron chi connectivity index (χ4n) is 3.29. The molecule has 0 bridgehead atoms. The van der Waals surface area contributed by atoms with E-state index in [1.165, 1.54) is 23.6 Å². The first-order valence-corrected chi connectivity index (χ1v) is 8.66. The summed E-state index contributed by atoms with van der Waals surface area (Å²) in [6, 6.07) is 21.2. The fraction of sp³-hybridized carbons (Fsp3) is 0.136. The molecule has 25 heavy (non-hydrogen) atoms. The SMILES string of the molecule is c1ccc2cc(-c3nnc(C4CC4)cc3-c3ccncc3)ccc2c1. The highest BCUT2D eigenvalue weighted by molar-refractivity contribution is 5.89. The van der Waals surface area contributed by atoms with Crippen LogP contribution in [0.25, 0.3) is 33.2 Å². The van der Waals surface area contributed by atoms with Crippen LogP contribution in [-0.4, -0.2) is 15.2 Å². The van der Waals surface area contributed by atoms with Crippen molar-refractivity contribution in [3.63, 3.8) is 0 Å². The van der Waals surface area contributed by atoms with Gasteiger partial charge in [0.15, 0.2) is 0 Å². The first-order chi connectivity index (χ1) is 12.4. The Balaban J connectivity index is 1.71. The zero-order valence-electron chi connectivity index (χ0n) is 13.8. The van der Waals surface area contributed by atoms with E-state index in [-0.39, 0.29) is 0 Å². The second-order valence-electron chi connectivity index (χ2n) is 6.60. The predicted octanol–water partition coefficient (Wildman–Crippen LogP) is 5.24. The smallest absolute Gasteiger partial charge is 0.101 e. The van der Waals surface area contributed by atoms with Crippen molar-refractivity contribution >= 4 is 10.8 Å². The summed E-state index contributed by atoms with van der Waals surface area (Å²) in [5.74, 6) is 0.582. The third-order valence-electron chi connectivity index (χ3n) is 4.82. The molecular formula is C22H17N3. The highest BCUT2D eigenvalue weighted by atomic mass is 15.1. The van der Waals surface area contributed by atoms with Crippen LogP contribution in [-0.2, 0) is 0 Å². The fourth-order valence-corrected chi connectivity index (χ4v) is 3.29. The Morgan fingerprint density at radius 1 is 0.720 bits per heavy atom. The van der Waals surface area contributed by atoms with Gasteiger partial charge in [0.2, 0.25) is 0 Å². The number of rotatable bonds is 3. The maximum absolute atomic E-state index is 4.62. The Morgan fingerprint density at radius 2 is 1.52 bits per heavy atom. The minimum atomic E-state index is 0.582. The first kappa shape index (κ1) is 14.3. The van der Waals surface area contributed by atoms with Gasteiger partial charge in [0, 0.05) is 29.4 Å². The molecule has 1 saturated carbocycles. The summed E-state index contributed by atoms with van der Waals surface area (Å²) >= 11 is 0. The van der Waals surface area contributed by atoms with Crippen molar-refractivity contribution in [1.29, 1.82) is 0 Å². The molecule has 0 atom stereocenters. The van der Waals surface area contributed by atoms with E-state index >= 15 is 0 Å². The molecule has 3 nitrogen and oxygen atoms in total. The maximum atomic E-state index is 4.62. The number of pyridine rings is 1. The van der Waals surface area contributed by atoms with Gasteiger partial charge in [-0.25, -0.2) is 0 Å². The lowest BCUT2D eigenvalue weighted by Gasteiger charge is -2.11. The number of hydrogen-bond acceptors (Lipinski definition) is 3. The average molecular weight is 323 g/mol. The Bertz CT molecular complexity index is 1050. The van der Waals surface area contributed by atoms with Crippen LogP contribution < -0.4 is 0 Å². The van der Waals surface area contributed by atoms with Gasteiger partial charge in [0.05, 0.1) is 5.69 Å². The zero-order chi connectivity index (χ0) is 16.6. The topological polar surface area (TPSA) is 38.7 Å². The summed E-state index contributed by atoms with van der Waals surface area (Å²) in [6.45, 7) is 0. The van der Waals surface area contributed by atoms with E-state index < -0.39 is 0 Å². The quantitative estimate of drug-likeness (QED) is 0.518. The predicted molar refractivity (Wildman–Crippen MR) is 100 cm³/mol. The normalized spacial score (nSPS) is 13.9. The van der Waals surface area contributed by atoms with E-state index in [1.54, 1.807) is 0 Å². The number of benzene rings is 2. The molecule has 1 fully saturated rings. The van der Waals surface area contributed by atoms with Crippen LogP contribution in [0.4, 0.5) is 0 Å². The van der Waals surface area contributed by atoms with E-state index in [1.807, 2.05) is 24.5 Å². The summed E-state index contributed by atoms with van der Waals surface area (Å²) in [4.78, 5) is 4.15. The molecule has 4 aromatic rings. The van der Waals surface area contributed by atoms with Crippen molar-refractivity contribution in [2.75, 3.05) is 0 Å². The van der Waals surface area contributed by atoms with Crippen LogP contribution in [0.5, 0.6) is 0 Å². The van der Waals surface area contributed by atoms with Crippen molar-refractivity contribution in [3.8, 4) is 22.4 Å². The molecule has 0 amide bonds. The lowest BCUT2D eigenvalue weighted by molar-refractivity contribution is 0.917. The van der Waals surface area contributed by atoms with Gasteiger partial charge >= 0.3 is 0 Å². The van der Waals surface area contributed by atoms with Crippen LogP contribution in [0.15, 0.2) is 73.1 Å². The van der Waals surface area contributed by atoms with Gasteiger partial charge in [-0.1, -0.05) is 36.4 Å². The van der Waals surface area contributed by atoms with E-state index in [4.69, 9.17) is 0 Å². The van der Waals surface area contributed by atoms with Crippen LogP contribution in [0, 0.1) is 0 Å². The zero-order valence-corrected chi connectivity index (χ0v) is 13.8. The second kappa shape index (κ2) is 5.78. The highest BCUT2D eigenvalue weighted by Crippen LogP contribution is 2.41. The molecule has 1 aliphatic carbocycles. The number of aromatic nitrogens is 3. The van der Waals surface area contributed by atoms with Gasteiger partial charge in [-0.15, -0.1) is 5.10 Å². The summed E-state index contributed by atoms with van der Waals surface area (Å²) in [5, 5.41) is 11.6. The second-order valence-corrected chi connectivity index (χ2v) is 6.60. The average Bonchev–Trinajstić information content (AvgIpc) is 3.53. The summed E-state index contributed by atoms with van der Waals surface area (Å²) in [6.07, 6.45) is 6.10. The van der Waals surface area contributed by atoms with Gasteiger partial charge in [0.25, 0.3) is 0 Å². The lowest BCUT2D eigenvalue weighted by Crippen LogP contribution is -1.97. The van der Waals surface area contributed by atoms with Crippen LogP contribution in [0.3, 0.4) is 0 Å². The number of nitrogens with zero attached hydrogens (tertiary/aromatic N) is 3. The maximum Gasteiger partial charge on any atom is 0.101 e. The van der Waals surface area contributed by atoms with Crippen LogP contribution in [0.1, 0.15) is 24.5 Å². The molecule has 0 N–H and O–H groups in total. The molecule has 0 saturated heterocycles. The molecule has 1 aliphatic rings. The Labute approximate surface area is 146 Å². The summed E-state index contributed by atoms with van der Waals surface area (Å²) in [7, 11) is 0. The highest BCUT2D eigenvalue weighted by Gasteiger charge is 2.26. The monoisotopic (exact) mass is 323 g/mol. The van der Waals surface area contributed by atoms with Crippen molar-refractivity contribution < 1.29 is 0 Å². The Hall–Kier alpha value is -3.07. The summed E-state index contributed by atoms with van der Waals surface area (Å²) < 4.78 is 0. The van der Waals surface area contributed by atoms with Crippen molar-refractivity contribution in [3.05, 3.63) is 78.8 Å². The minimum absolute atomic E-state index is 0.582. The molecule has 2 aromatic carbocycles. The molecule has 5 rings (SSSR count). The van der Waals surface area contributed by atoms with E-state index in [9.17, 15) is 0 Å². The van der Waals surface area contributed by atoms with Gasteiger partial charge in [-0.05, 0) is 53.4 Å². The Morgan fingerprint density at radius 3 is 2.32 bits per heavy atom. The lowest BCUT2D eigenvalue weighted by atomic mass is 9.97. The molecular weight excluding hydrogens is 306 g/mol. The van der Waals surface area contributed by atoms with Crippen molar-refractivity contribution in [2.45, 2.75) is 18.8 Å². The minimum Gasteiger partial charge on any atom is -0.265 e. The van der Waals surface area contributed by atoms with E-state index in [2.05, 4.69) is 63.7 Å². The van der Waals surface area contributed by atoms with Crippen molar-refractivity contribution in [2.24, 2.45) is 0 Å². The molecule has 0 unspecified atom stereocenters. The molecule has 0 spiro atoms. The molecule has 0 radical (unpaired) electrons. The van der Waals surface area contributed by atoms with Crippen molar-refractivity contribution in [1.82, 2.24) is 15.2 Å². The van der Waals surface area contributed by atoms with Gasteiger partial charge < -0.3 is 0 Å². The molecule has 120 valence electrons.